The topological polar surface area (TPSA) is 69.9 Å². The molecular formula is C63H105AlCl2O4. The van der Waals surface area contributed by atoms with Crippen molar-refractivity contribution in [2.45, 2.75) is 252 Å². The molecule has 3 aliphatic rings. The van der Waals surface area contributed by atoms with E-state index in [9.17, 15) is 15.3 Å². The van der Waals surface area contributed by atoms with E-state index in [0.29, 0.717) is 17.2 Å². The largest absolute Gasteiger partial charge is 0.507 e. The Morgan fingerprint density at radius 1 is 0.629 bits per heavy atom. The molecule has 0 saturated carbocycles. The number of hydrogen-bond donors (Lipinski definition) is 3. The summed E-state index contributed by atoms with van der Waals surface area (Å²) in [6.45, 7) is 33.7. The summed E-state index contributed by atoms with van der Waals surface area (Å²) >= 11 is 9.12. The molecule has 2 aromatic rings. The van der Waals surface area contributed by atoms with E-state index in [-0.39, 0.29) is 40.2 Å². The number of halogens is 2. The molecule has 4 nitrogen and oxygen atoms in total. The molecule has 0 radical (unpaired) electrons. The molecule has 3 N–H and O–H groups in total. The van der Waals surface area contributed by atoms with Crippen LogP contribution < -0.4 is 4.74 Å². The summed E-state index contributed by atoms with van der Waals surface area (Å²) < 4.78 is 6.43. The molecule has 1 heterocycles. The molecule has 5 rings (SSSR count). The minimum Gasteiger partial charge on any atom is -0.507 e. The van der Waals surface area contributed by atoms with Gasteiger partial charge in [0.25, 0.3) is 14.1 Å². The van der Waals surface area contributed by atoms with Crippen molar-refractivity contribution in [3.05, 3.63) is 82.0 Å². The molecule has 0 saturated heterocycles. The molecule has 0 spiro atoms. The zero-order valence-corrected chi connectivity index (χ0v) is 49.9. The van der Waals surface area contributed by atoms with Crippen LogP contribution in [0, 0.1) is 29.6 Å². The van der Waals surface area contributed by atoms with Crippen LogP contribution in [0.4, 0.5) is 0 Å². The number of hydrogen-bond acceptors (Lipinski definition) is 4. The summed E-state index contributed by atoms with van der Waals surface area (Å²) in [4.78, 5) is 0. The van der Waals surface area contributed by atoms with Crippen LogP contribution in [0.15, 0.2) is 59.7 Å². The van der Waals surface area contributed by atoms with Gasteiger partial charge in [-0.3, -0.25) is 0 Å². The predicted octanol–water partition coefficient (Wildman–Crippen LogP) is 20.6. The van der Waals surface area contributed by atoms with Gasteiger partial charge in [0.05, 0.1) is 5.34 Å². The molecule has 0 aromatic heterocycles. The van der Waals surface area contributed by atoms with Gasteiger partial charge in [-0.1, -0.05) is 201 Å². The lowest BCUT2D eigenvalue weighted by atomic mass is 9.68. The summed E-state index contributed by atoms with van der Waals surface area (Å²) in [5, 5.41) is 37.1. The first-order valence-corrected chi connectivity index (χ1v) is 31.9. The number of benzene rings is 2. The summed E-state index contributed by atoms with van der Waals surface area (Å²) in [6.07, 6.45) is 29.0. The lowest BCUT2D eigenvalue weighted by Crippen LogP contribution is -2.45. The minimum absolute atomic E-state index is 0.0175. The van der Waals surface area contributed by atoms with Crippen molar-refractivity contribution in [2.75, 3.05) is 5.34 Å². The zero-order valence-electron chi connectivity index (χ0n) is 47.3. The first-order valence-electron chi connectivity index (χ1n) is 28.4. The molecule has 4 atom stereocenters. The van der Waals surface area contributed by atoms with Crippen LogP contribution in [-0.2, 0) is 12.8 Å². The van der Waals surface area contributed by atoms with Crippen molar-refractivity contribution in [3.8, 4) is 23.0 Å². The number of ether oxygens (including phenoxy) is 1. The van der Waals surface area contributed by atoms with Crippen LogP contribution in [0.3, 0.4) is 0 Å². The first-order chi connectivity index (χ1) is 33.2. The van der Waals surface area contributed by atoms with Gasteiger partial charge in [0, 0.05) is 28.9 Å². The molecule has 2 aliphatic carbocycles. The van der Waals surface area contributed by atoms with E-state index in [1.807, 2.05) is 18.2 Å². The van der Waals surface area contributed by atoms with E-state index >= 15 is 0 Å². The Balaban J connectivity index is 0.000000371. The molecular weight excluding hydrogens is 919 g/mol. The highest BCUT2D eigenvalue weighted by Gasteiger charge is 2.45. The van der Waals surface area contributed by atoms with Crippen LogP contribution in [0.2, 0.25) is 15.8 Å². The van der Waals surface area contributed by atoms with Crippen molar-refractivity contribution in [1.29, 1.82) is 0 Å². The van der Waals surface area contributed by atoms with Gasteiger partial charge in [0.2, 0.25) is 0 Å². The van der Waals surface area contributed by atoms with Gasteiger partial charge in [-0.25, -0.2) is 0 Å². The summed E-state index contributed by atoms with van der Waals surface area (Å²) in [5.41, 5.74) is 7.63. The Kier molecular flexibility index (Phi) is 31.5. The number of rotatable bonds is 24. The van der Waals surface area contributed by atoms with Crippen LogP contribution in [0.25, 0.3) is 0 Å². The Morgan fingerprint density at radius 2 is 1.01 bits per heavy atom. The molecule has 2 aromatic carbocycles. The number of fused-ring (bicyclic) bond motifs is 3. The maximum Gasteiger partial charge on any atom is 0.262 e. The molecule has 0 unspecified atom stereocenters. The fraction of sp³-hybridized carbons (Fsp3) is 0.714. The standard InChI is InChI=1S/2C25H38O2.3C4H9.CH2Cl2.Al/c1-5-6-7-8-9-10-11-12-19-16-22(26)24-20-15-18(2)13-14-21(20)25(3,4)27-23(24)17-19;1-5-6-7-8-9-10-11-12-20-16-23(26)25(24(27)17-20)22-15-19(4)13-14-21(22)18(2)3;3*1-4(2)3;2-1-3;/h15-17,20-21,26H,5-14H2,1-4H3;15-17,21-22,26-27H,2,5-14H2,1,3-4H3;3*4H,1H2,2-3H3;1H2;/t20-,21-;21-,22+;;;;;/m10...../s1. The number of unbranched alkanes of at least 4 members (excludes halogenated alkanes) is 12. The number of aryl methyl sites for hydroxylation is 2. The maximum absolute atomic E-state index is 10.8. The van der Waals surface area contributed by atoms with Gasteiger partial charge in [-0.2, -0.15) is 0 Å². The van der Waals surface area contributed by atoms with E-state index in [2.05, 4.69) is 115 Å². The SMILES string of the molecule is C=C(C)[C@@H]1CCC(C)=C[C@H]1c1c(O)cc(CCCCCCCCC)cc1O.CC(C)[CH2][Al]([CH2]C(C)C)[CH2]C(C)C.CCCCCCCCCc1cc(O)c2c(c1)OC(C)(C)[C@@H]1CCC(C)=C[C@@H]21.ClCCl. The molecule has 398 valence electrons. The Labute approximate surface area is 446 Å². The number of allylic oxidation sites excluding steroid dienone is 5. The van der Waals surface area contributed by atoms with E-state index < -0.39 is 14.1 Å². The second kappa shape index (κ2) is 34.5. The molecule has 1 aliphatic heterocycles. The highest BCUT2D eigenvalue weighted by molar-refractivity contribution is 6.58. The third-order valence-electron chi connectivity index (χ3n) is 15.0. The second-order valence-electron chi connectivity index (χ2n) is 23.6. The average Bonchev–Trinajstić information content (AvgIpc) is 3.25. The number of phenolic OH excluding ortho intramolecular Hbond substituents is 3. The van der Waals surface area contributed by atoms with Gasteiger partial charge in [0.15, 0.2) is 0 Å². The van der Waals surface area contributed by atoms with E-state index in [0.717, 1.165) is 85.1 Å². The van der Waals surface area contributed by atoms with E-state index in [1.165, 1.54) is 100 Å². The smallest absolute Gasteiger partial charge is 0.262 e. The van der Waals surface area contributed by atoms with Gasteiger partial charge in [-0.05, 0) is 127 Å². The highest BCUT2D eigenvalue weighted by Crippen LogP contribution is 2.53. The fourth-order valence-corrected chi connectivity index (χ4v) is 16.2. The van der Waals surface area contributed by atoms with Gasteiger partial charge in [0.1, 0.15) is 28.6 Å². The lowest BCUT2D eigenvalue weighted by Gasteiger charge is -2.46. The van der Waals surface area contributed by atoms with E-state index in [4.69, 9.17) is 27.9 Å². The summed E-state index contributed by atoms with van der Waals surface area (Å²) in [5.74, 6) is 5.59. The Hall–Kier alpha value is -2.03. The van der Waals surface area contributed by atoms with Crippen molar-refractivity contribution in [2.24, 2.45) is 29.6 Å². The average molecular weight is 1020 g/mol. The first kappa shape index (κ1) is 64.1. The van der Waals surface area contributed by atoms with Crippen LogP contribution >= 0.6 is 23.2 Å². The third-order valence-corrected chi connectivity index (χ3v) is 19.8. The predicted molar refractivity (Wildman–Crippen MR) is 310 cm³/mol. The van der Waals surface area contributed by atoms with Crippen LogP contribution in [-0.4, -0.2) is 40.4 Å². The van der Waals surface area contributed by atoms with Crippen molar-refractivity contribution < 1.29 is 20.1 Å². The summed E-state index contributed by atoms with van der Waals surface area (Å²) in [6, 6.07) is 7.91. The van der Waals surface area contributed by atoms with Crippen molar-refractivity contribution in [3.63, 3.8) is 0 Å². The van der Waals surface area contributed by atoms with Crippen molar-refractivity contribution >= 4 is 37.4 Å². The van der Waals surface area contributed by atoms with Crippen LogP contribution in [0.1, 0.15) is 240 Å². The molecule has 0 bridgehead atoms. The van der Waals surface area contributed by atoms with E-state index in [1.54, 1.807) is 15.8 Å². The van der Waals surface area contributed by atoms with Gasteiger partial charge in [-0.15, -0.1) is 23.2 Å². The Bertz CT molecular complexity index is 1800. The molecule has 7 heteroatoms. The maximum atomic E-state index is 10.8. The highest BCUT2D eigenvalue weighted by atomic mass is 35.5. The normalized spacial score (nSPS) is 19.0. The number of phenols is 3. The molecule has 0 amide bonds. The quantitative estimate of drug-likeness (QED) is 0.0424. The summed E-state index contributed by atoms with van der Waals surface area (Å²) in [7, 11) is 0. The third kappa shape index (κ3) is 23.5. The minimum atomic E-state index is -0.407. The van der Waals surface area contributed by atoms with Gasteiger partial charge >= 0.3 is 0 Å². The van der Waals surface area contributed by atoms with Gasteiger partial charge < -0.3 is 20.1 Å². The van der Waals surface area contributed by atoms with Crippen LogP contribution in [0.5, 0.6) is 23.0 Å². The lowest BCUT2D eigenvalue weighted by molar-refractivity contribution is 0.0107. The Morgan fingerprint density at radius 3 is 1.44 bits per heavy atom. The molecule has 70 heavy (non-hydrogen) atoms. The van der Waals surface area contributed by atoms with Crippen molar-refractivity contribution in [1.82, 2.24) is 0 Å². The molecule has 0 fully saturated rings. The number of aromatic hydroxyl groups is 3. The fourth-order valence-electron chi connectivity index (χ4n) is 11.7. The number of alkyl halides is 2. The monoisotopic (exact) mass is 1020 g/mol. The zero-order chi connectivity index (χ0) is 52.4. The second-order valence-corrected chi connectivity index (χ2v) is 27.5.